The van der Waals surface area contributed by atoms with Crippen LogP contribution in [-0.2, 0) is 6.42 Å². The maximum atomic E-state index is 5.98. The molecule has 0 radical (unpaired) electrons. The summed E-state index contributed by atoms with van der Waals surface area (Å²) in [5, 5.41) is 3.10. The fourth-order valence-electron chi connectivity index (χ4n) is 2.03. The number of benzene rings is 1. The van der Waals surface area contributed by atoms with E-state index < -0.39 is 0 Å². The minimum absolute atomic E-state index is 0.122. The lowest BCUT2D eigenvalue weighted by Crippen LogP contribution is -2.19. The van der Waals surface area contributed by atoms with E-state index in [0.717, 1.165) is 20.9 Å². The lowest BCUT2D eigenvalue weighted by atomic mass is 10.2. The van der Waals surface area contributed by atoms with Crippen molar-refractivity contribution in [2.24, 2.45) is 5.73 Å². The van der Waals surface area contributed by atoms with E-state index in [1.54, 1.807) is 23.1 Å². The summed E-state index contributed by atoms with van der Waals surface area (Å²) in [5.41, 5.74) is 7.17. The Morgan fingerprint density at radius 1 is 1.50 bits per heavy atom. The zero-order chi connectivity index (χ0) is 14.1. The van der Waals surface area contributed by atoms with Crippen molar-refractivity contribution in [2.75, 3.05) is 0 Å². The summed E-state index contributed by atoms with van der Waals surface area (Å²) >= 11 is 6.85. The molecule has 20 heavy (non-hydrogen) atoms. The Labute approximate surface area is 134 Å². The van der Waals surface area contributed by atoms with Gasteiger partial charge in [0.25, 0.3) is 0 Å². The molecule has 3 aromatic rings. The largest absolute Gasteiger partial charge is 0.328 e. The van der Waals surface area contributed by atoms with Gasteiger partial charge >= 0.3 is 0 Å². The molecule has 1 aromatic carbocycles. The summed E-state index contributed by atoms with van der Waals surface area (Å²) < 4.78 is 3.23. The molecular weight excluding hydrogens is 354 g/mol. The highest BCUT2D eigenvalue weighted by molar-refractivity contribution is 9.10. The van der Waals surface area contributed by atoms with E-state index in [2.05, 4.69) is 44.0 Å². The average molecular weight is 368 g/mol. The Balaban J connectivity index is 1.99. The Morgan fingerprint density at radius 3 is 3.10 bits per heavy atom. The topological polar surface area (TPSA) is 43.3 Å². The van der Waals surface area contributed by atoms with Gasteiger partial charge in [-0.05, 0) is 25.1 Å². The Hall–Kier alpha value is -0.820. The van der Waals surface area contributed by atoms with Gasteiger partial charge in [-0.15, -0.1) is 11.3 Å². The minimum atomic E-state index is 0.122. The summed E-state index contributed by atoms with van der Waals surface area (Å²) in [5.74, 6) is 0. The van der Waals surface area contributed by atoms with Crippen LogP contribution in [0.15, 0.2) is 50.2 Å². The molecule has 0 aliphatic carbocycles. The third-order valence-electron chi connectivity index (χ3n) is 2.85. The van der Waals surface area contributed by atoms with Gasteiger partial charge in [0.05, 0.1) is 5.69 Å². The number of fused-ring (bicyclic) bond motifs is 1. The van der Waals surface area contributed by atoms with Gasteiger partial charge in [-0.1, -0.05) is 33.8 Å². The molecule has 6 heteroatoms. The van der Waals surface area contributed by atoms with E-state index in [9.17, 15) is 0 Å². The first-order valence-corrected chi connectivity index (χ1v) is 8.76. The first-order chi connectivity index (χ1) is 9.63. The summed E-state index contributed by atoms with van der Waals surface area (Å²) in [7, 11) is 0. The van der Waals surface area contributed by atoms with Crippen LogP contribution in [-0.4, -0.2) is 15.4 Å². The summed E-state index contributed by atoms with van der Waals surface area (Å²) in [4.78, 5) is 6.93. The number of aromatic nitrogens is 2. The number of rotatable bonds is 4. The van der Waals surface area contributed by atoms with E-state index in [0.29, 0.717) is 0 Å². The van der Waals surface area contributed by atoms with E-state index in [1.165, 1.54) is 10.6 Å². The number of hydrogen-bond donors (Lipinski definition) is 1. The highest BCUT2D eigenvalue weighted by atomic mass is 79.9. The molecular formula is C14H14BrN3S2. The van der Waals surface area contributed by atoms with Crippen LogP contribution in [0.5, 0.6) is 0 Å². The van der Waals surface area contributed by atoms with Gasteiger partial charge in [-0.25, -0.2) is 4.98 Å². The first-order valence-electron chi connectivity index (χ1n) is 6.27. The molecule has 3 rings (SSSR count). The third-order valence-corrected chi connectivity index (χ3v) is 5.11. The lowest BCUT2D eigenvalue weighted by molar-refractivity contribution is 0.706. The number of imidazole rings is 1. The zero-order valence-electron chi connectivity index (χ0n) is 10.9. The third kappa shape index (κ3) is 2.93. The van der Waals surface area contributed by atoms with E-state index in [-0.39, 0.29) is 6.04 Å². The number of thiazole rings is 1. The van der Waals surface area contributed by atoms with Crippen molar-refractivity contribution in [1.82, 2.24) is 9.38 Å². The van der Waals surface area contributed by atoms with Crippen LogP contribution in [0.3, 0.4) is 0 Å². The van der Waals surface area contributed by atoms with Gasteiger partial charge in [0.1, 0.15) is 5.03 Å². The standard InChI is InChI=1S/C14H14BrN3S2/c1-9(16)7-12-13(17-14-18(12)5-6-19-14)20-11-4-2-3-10(15)8-11/h2-6,8-9H,7,16H2,1H3. The predicted molar refractivity (Wildman–Crippen MR) is 88.7 cm³/mol. The molecule has 0 fully saturated rings. The van der Waals surface area contributed by atoms with E-state index >= 15 is 0 Å². The van der Waals surface area contributed by atoms with Gasteiger partial charge in [-0.3, -0.25) is 4.40 Å². The smallest absolute Gasteiger partial charge is 0.194 e. The predicted octanol–water partition coefficient (Wildman–Crippen LogP) is 4.20. The van der Waals surface area contributed by atoms with Crippen LogP contribution >= 0.6 is 39.0 Å². The number of halogens is 1. The summed E-state index contributed by atoms with van der Waals surface area (Å²) in [6, 6.07) is 8.39. The fraction of sp³-hybridized carbons (Fsp3) is 0.214. The summed E-state index contributed by atoms with van der Waals surface area (Å²) in [6.07, 6.45) is 2.89. The van der Waals surface area contributed by atoms with E-state index in [1.807, 2.05) is 19.1 Å². The van der Waals surface area contributed by atoms with Crippen molar-refractivity contribution in [1.29, 1.82) is 0 Å². The average Bonchev–Trinajstić information content (AvgIpc) is 2.93. The molecule has 0 aliphatic heterocycles. The molecule has 2 N–H and O–H groups in total. The van der Waals surface area contributed by atoms with Crippen LogP contribution in [0.25, 0.3) is 4.96 Å². The van der Waals surface area contributed by atoms with Crippen LogP contribution in [0, 0.1) is 0 Å². The molecule has 2 aromatic heterocycles. The second-order valence-electron chi connectivity index (χ2n) is 4.66. The lowest BCUT2D eigenvalue weighted by Gasteiger charge is -2.07. The maximum Gasteiger partial charge on any atom is 0.194 e. The highest BCUT2D eigenvalue weighted by Gasteiger charge is 2.15. The van der Waals surface area contributed by atoms with Crippen molar-refractivity contribution in [3.05, 3.63) is 46.0 Å². The summed E-state index contributed by atoms with van der Waals surface area (Å²) in [6.45, 7) is 2.03. The van der Waals surface area contributed by atoms with Gasteiger partial charge < -0.3 is 5.73 Å². The SMILES string of the molecule is CC(N)Cc1c(Sc2cccc(Br)c2)nc2sccn12. The van der Waals surface area contributed by atoms with Gasteiger partial charge in [0, 0.05) is 33.4 Å². The van der Waals surface area contributed by atoms with Crippen molar-refractivity contribution in [3.8, 4) is 0 Å². The molecule has 2 heterocycles. The molecule has 0 amide bonds. The van der Waals surface area contributed by atoms with Crippen LogP contribution in [0.4, 0.5) is 0 Å². The molecule has 0 bridgehead atoms. The maximum absolute atomic E-state index is 5.98. The molecule has 3 nitrogen and oxygen atoms in total. The first kappa shape index (κ1) is 14.1. The Kier molecular flexibility index (Phi) is 4.16. The van der Waals surface area contributed by atoms with Crippen LogP contribution < -0.4 is 5.73 Å². The molecule has 0 saturated carbocycles. The molecule has 1 unspecified atom stereocenters. The minimum Gasteiger partial charge on any atom is -0.328 e. The number of nitrogens with zero attached hydrogens (tertiary/aromatic N) is 2. The van der Waals surface area contributed by atoms with Gasteiger partial charge in [0.2, 0.25) is 0 Å². The number of hydrogen-bond acceptors (Lipinski definition) is 4. The molecule has 0 spiro atoms. The van der Waals surface area contributed by atoms with Crippen LogP contribution in [0.1, 0.15) is 12.6 Å². The van der Waals surface area contributed by atoms with Crippen molar-refractivity contribution in [2.45, 2.75) is 29.3 Å². The fourth-order valence-corrected chi connectivity index (χ4v) is 4.36. The molecule has 1 atom stereocenters. The monoisotopic (exact) mass is 367 g/mol. The van der Waals surface area contributed by atoms with Gasteiger partial charge in [-0.2, -0.15) is 0 Å². The normalized spacial score (nSPS) is 12.9. The van der Waals surface area contributed by atoms with Crippen molar-refractivity contribution in [3.63, 3.8) is 0 Å². The second kappa shape index (κ2) is 5.89. The molecule has 104 valence electrons. The van der Waals surface area contributed by atoms with Gasteiger partial charge in [0.15, 0.2) is 4.96 Å². The van der Waals surface area contributed by atoms with E-state index in [4.69, 9.17) is 10.7 Å². The molecule has 0 aliphatic rings. The second-order valence-corrected chi connectivity index (χ2v) is 7.51. The molecule has 0 saturated heterocycles. The zero-order valence-corrected chi connectivity index (χ0v) is 14.1. The number of nitrogens with two attached hydrogens (primary N) is 1. The Bertz CT molecular complexity index is 733. The Morgan fingerprint density at radius 2 is 2.35 bits per heavy atom. The highest BCUT2D eigenvalue weighted by Crippen LogP contribution is 2.33. The van der Waals surface area contributed by atoms with Crippen molar-refractivity contribution >= 4 is 44.0 Å². The van der Waals surface area contributed by atoms with Crippen molar-refractivity contribution < 1.29 is 0 Å². The quantitative estimate of drug-likeness (QED) is 0.751. The van der Waals surface area contributed by atoms with Crippen LogP contribution in [0.2, 0.25) is 0 Å².